The van der Waals surface area contributed by atoms with E-state index in [-0.39, 0.29) is 31.1 Å². The first kappa shape index (κ1) is 25.3. The number of rotatable bonds is 11. The number of hydrogen-bond donors (Lipinski definition) is 1. The van der Waals surface area contributed by atoms with E-state index in [1.54, 1.807) is 4.90 Å². The van der Waals surface area contributed by atoms with Crippen LogP contribution in [0.15, 0.2) is 78.9 Å². The number of nitrogens with one attached hydrogen (secondary N) is 1. The SMILES string of the molecule is CC[C@H](C)NC(=O)[C@H](Cc1ccccc1)N(Cc1ccccc1)C(=O)CCc1ccc2c(c1)OCO2. The Morgan fingerprint density at radius 2 is 1.56 bits per heavy atom. The van der Waals surface area contributed by atoms with Gasteiger partial charge in [-0.15, -0.1) is 0 Å². The fourth-order valence-corrected chi connectivity index (χ4v) is 4.27. The molecule has 188 valence electrons. The van der Waals surface area contributed by atoms with Crippen molar-refractivity contribution in [2.45, 2.75) is 58.2 Å². The smallest absolute Gasteiger partial charge is 0.243 e. The highest BCUT2D eigenvalue weighted by Crippen LogP contribution is 2.33. The summed E-state index contributed by atoms with van der Waals surface area (Å²) in [5.74, 6) is 1.24. The van der Waals surface area contributed by atoms with Gasteiger partial charge in [-0.2, -0.15) is 0 Å². The highest BCUT2D eigenvalue weighted by molar-refractivity contribution is 5.88. The monoisotopic (exact) mass is 486 g/mol. The molecule has 0 bridgehead atoms. The van der Waals surface area contributed by atoms with Crippen LogP contribution < -0.4 is 14.8 Å². The average Bonchev–Trinajstić information content (AvgIpc) is 3.38. The van der Waals surface area contributed by atoms with Crippen LogP contribution in [0.1, 0.15) is 43.4 Å². The molecule has 6 nitrogen and oxygen atoms in total. The maximum Gasteiger partial charge on any atom is 0.243 e. The highest BCUT2D eigenvalue weighted by atomic mass is 16.7. The molecule has 0 aromatic heterocycles. The van der Waals surface area contributed by atoms with Gasteiger partial charge in [0.15, 0.2) is 11.5 Å². The maximum absolute atomic E-state index is 13.7. The molecule has 3 aromatic rings. The number of carbonyl (C=O) groups is 2. The van der Waals surface area contributed by atoms with Crippen LogP contribution in [-0.4, -0.2) is 35.6 Å². The van der Waals surface area contributed by atoms with Crippen molar-refractivity contribution in [2.24, 2.45) is 0 Å². The number of aryl methyl sites for hydroxylation is 1. The van der Waals surface area contributed by atoms with Crippen LogP contribution in [0, 0.1) is 0 Å². The molecule has 4 rings (SSSR count). The molecule has 0 saturated carbocycles. The lowest BCUT2D eigenvalue weighted by molar-refractivity contribution is -0.141. The maximum atomic E-state index is 13.7. The van der Waals surface area contributed by atoms with Gasteiger partial charge in [-0.1, -0.05) is 73.7 Å². The van der Waals surface area contributed by atoms with Crippen LogP contribution in [-0.2, 0) is 29.0 Å². The van der Waals surface area contributed by atoms with Crippen LogP contribution in [0.25, 0.3) is 0 Å². The van der Waals surface area contributed by atoms with Gasteiger partial charge >= 0.3 is 0 Å². The largest absolute Gasteiger partial charge is 0.454 e. The summed E-state index contributed by atoms with van der Waals surface area (Å²) in [6.07, 6.45) is 2.10. The zero-order valence-corrected chi connectivity index (χ0v) is 21.0. The Morgan fingerprint density at radius 3 is 2.25 bits per heavy atom. The number of nitrogens with zero attached hydrogens (tertiary/aromatic N) is 1. The van der Waals surface area contributed by atoms with Gasteiger partial charge < -0.3 is 19.7 Å². The molecule has 2 amide bonds. The van der Waals surface area contributed by atoms with E-state index in [0.717, 1.165) is 28.9 Å². The minimum absolute atomic E-state index is 0.0260. The number of hydrogen-bond acceptors (Lipinski definition) is 4. The van der Waals surface area contributed by atoms with Gasteiger partial charge in [0.1, 0.15) is 6.04 Å². The quantitative estimate of drug-likeness (QED) is 0.419. The predicted octanol–water partition coefficient (Wildman–Crippen LogP) is 4.90. The van der Waals surface area contributed by atoms with Crippen molar-refractivity contribution in [3.05, 3.63) is 95.6 Å². The summed E-state index contributed by atoms with van der Waals surface area (Å²) < 4.78 is 10.9. The zero-order chi connectivity index (χ0) is 25.3. The molecule has 0 unspecified atom stereocenters. The van der Waals surface area contributed by atoms with E-state index in [4.69, 9.17) is 9.47 Å². The van der Waals surface area contributed by atoms with Crippen molar-refractivity contribution in [1.29, 1.82) is 0 Å². The second kappa shape index (κ2) is 12.2. The summed E-state index contributed by atoms with van der Waals surface area (Å²) in [6, 6.07) is 24.9. The Bertz CT molecular complexity index is 1150. The van der Waals surface area contributed by atoms with E-state index in [1.165, 1.54) is 0 Å². The third-order valence-electron chi connectivity index (χ3n) is 6.53. The van der Waals surface area contributed by atoms with Gasteiger partial charge in [0.25, 0.3) is 0 Å². The van der Waals surface area contributed by atoms with Crippen LogP contribution in [0.2, 0.25) is 0 Å². The second-order valence-electron chi connectivity index (χ2n) is 9.22. The molecule has 3 aromatic carbocycles. The molecule has 6 heteroatoms. The molecule has 2 atom stereocenters. The van der Waals surface area contributed by atoms with E-state index in [1.807, 2.05) is 92.7 Å². The van der Waals surface area contributed by atoms with Crippen LogP contribution >= 0.6 is 0 Å². The Kier molecular flexibility index (Phi) is 8.61. The summed E-state index contributed by atoms with van der Waals surface area (Å²) in [7, 11) is 0. The fourth-order valence-electron chi connectivity index (χ4n) is 4.27. The topological polar surface area (TPSA) is 67.9 Å². The average molecular weight is 487 g/mol. The summed E-state index contributed by atoms with van der Waals surface area (Å²) >= 11 is 0. The van der Waals surface area contributed by atoms with Gasteiger partial charge in [-0.25, -0.2) is 0 Å². The van der Waals surface area contributed by atoms with Crippen molar-refractivity contribution >= 4 is 11.8 Å². The molecular weight excluding hydrogens is 452 g/mol. The van der Waals surface area contributed by atoms with E-state index >= 15 is 0 Å². The summed E-state index contributed by atoms with van der Waals surface area (Å²) in [5.41, 5.74) is 3.00. The third-order valence-corrected chi connectivity index (χ3v) is 6.53. The molecule has 0 spiro atoms. The van der Waals surface area contributed by atoms with Crippen molar-refractivity contribution in [2.75, 3.05) is 6.79 Å². The number of carbonyl (C=O) groups excluding carboxylic acids is 2. The van der Waals surface area contributed by atoms with E-state index in [0.29, 0.717) is 25.1 Å². The molecule has 1 heterocycles. The molecule has 0 aliphatic carbocycles. The lowest BCUT2D eigenvalue weighted by Gasteiger charge is -2.32. The van der Waals surface area contributed by atoms with Gasteiger partial charge in [0.05, 0.1) is 0 Å². The molecule has 1 aliphatic heterocycles. The summed E-state index contributed by atoms with van der Waals surface area (Å²) in [4.78, 5) is 29.0. The number of ether oxygens (including phenoxy) is 2. The first-order valence-corrected chi connectivity index (χ1v) is 12.6. The number of fused-ring (bicyclic) bond motifs is 1. The van der Waals surface area contributed by atoms with E-state index < -0.39 is 6.04 Å². The molecular formula is C30H34N2O4. The third kappa shape index (κ3) is 6.66. The minimum atomic E-state index is -0.620. The Hall–Kier alpha value is -3.80. The highest BCUT2D eigenvalue weighted by Gasteiger charge is 2.30. The zero-order valence-electron chi connectivity index (χ0n) is 21.0. The van der Waals surface area contributed by atoms with Crippen LogP contribution in [0.3, 0.4) is 0 Å². The normalized spacial score (nSPS) is 13.6. The summed E-state index contributed by atoms with van der Waals surface area (Å²) in [5, 5.41) is 3.11. The molecule has 0 fully saturated rings. The molecule has 0 saturated heterocycles. The number of benzene rings is 3. The lowest BCUT2D eigenvalue weighted by atomic mass is 10.0. The van der Waals surface area contributed by atoms with Crippen molar-refractivity contribution in [3.63, 3.8) is 0 Å². The molecule has 1 aliphatic rings. The molecule has 0 radical (unpaired) electrons. The minimum Gasteiger partial charge on any atom is -0.454 e. The van der Waals surface area contributed by atoms with E-state index in [9.17, 15) is 9.59 Å². The summed E-state index contributed by atoms with van der Waals surface area (Å²) in [6.45, 7) is 4.61. The molecule has 36 heavy (non-hydrogen) atoms. The lowest BCUT2D eigenvalue weighted by Crippen LogP contribution is -2.52. The Morgan fingerprint density at radius 1 is 0.889 bits per heavy atom. The van der Waals surface area contributed by atoms with E-state index in [2.05, 4.69) is 5.32 Å². The predicted molar refractivity (Wildman–Crippen MR) is 140 cm³/mol. The van der Waals surface area contributed by atoms with Crippen molar-refractivity contribution < 1.29 is 19.1 Å². The van der Waals surface area contributed by atoms with Crippen molar-refractivity contribution in [1.82, 2.24) is 10.2 Å². The van der Waals surface area contributed by atoms with Gasteiger partial charge in [-0.3, -0.25) is 9.59 Å². The van der Waals surface area contributed by atoms with Crippen LogP contribution in [0.5, 0.6) is 11.5 Å². The van der Waals surface area contributed by atoms with Gasteiger partial charge in [0.2, 0.25) is 18.6 Å². The standard InChI is InChI=1S/C30H34N2O4/c1-3-22(2)31-30(34)26(18-23-10-6-4-7-11-23)32(20-25-12-8-5-9-13-25)29(33)17-15-24-14-16-27-28(19-24)36-21-35-27/h4-14,16,19,22,26H,3,15,17-18,20-21H2,1-2H3,(H,31,34)/t22-,26-/m0/s1. The molecule has 1 N–H and O–H groups in total. The van der Waals surface area contributed by atoms with Crippen molar-refractivity contribution in [3.8, 4) is 11.5 Å². The Labute approximate surface area is 213 Å². The van der Waals surface area contributed by atoms with Gasteiger partial charge in [-0.05, 0) is 48.6 Å². The Balaban J connectivity index is 1.58. The van der Waals surface area contributed by atoms with Crippen LogP contribution in [0.4, 0.5) is 0 Å². The first-order chi connectivity index (χ1) is 17.5. The first-order valence-electron chi connectivity index (χ1n) is 12.6. The number of amides is 2. The van der Waals surface area contributed by atoms with Gasteiger partial charge in [0, 0.05) is 25.4 Å². The fraction of sp³-hybridized carbons (Fsp3) is 0.333. The second-order valence-corrected chi connectivity index (χ2v) is 9.22.